The normalized spacial score (nSPS) is 14.2. The highest BCUT2D eigenvalue weighted by molar-refractivity contribution is 7.80. The lowest BCUT2D eigenvalue weighted by Gasteiger charge is -2.16. The minimum Gasteiger partial charge on any atom is -0.248 e. The Morgan fingerprint density at radius 2 is 1.75 bits per heavy atom. The summed E-state index contributed by atoms with van der Waals surface area (Å²) >= 11 is 4.24. The van der Waals surface area contributed by atoms with E-state index in [1.165, 1.54) is 6.07 Å². The molecule has 0 aliphatic rings. The molecule has 0 saturated heterocycles. The molecule has 1 rings (SSSR count). The van der Waals surface area contributed by atoms with Crippen LogP contribution in [0.15, 0.2) is 12.1 Å². The van der Waals surface area contributed by atoms with Gasteiger partial charge < -0.3 is 0 Å². The second-order valence-electron chi connectivity index (χ2n) is 4.00. The largest absolute Gasteiger partial charge is 0.433 e. The van der Waals surface area contributed by atoms with Gasteiger partial charge in [0.1, 0.15) is 5.69 Å². The Balaban J connectivity index is 3.29. The van der Waals surface area contributed by atoms with Crippen LogP contribution >= 0.6 is 12.6 Å². The third kappa shape index (κ3) is 2.90. The van der Waals surface area contributed by atoms with Crippen molar-refractivity contribution in [2.75, 3.05) is 0 Å². The van der Waals surface area contributed by atoms with Crippen molar-refractivity contribution < 1.29 is 13.2 Å². The molecule has 0 N–H and O–H groups in total. The molecular weight excluding hydrogens is 235 g/mol. The summed E-state index contributed by atoms with van der Waals surface area (Å²) in [5.74, 6) is -0.0492. The Hall–Kier alpha value is -0.710. The first-order chi connectivity index (χ1) is 7.23. The Kier molecular flexibility index (Phi) is 3.88. The average Bonchev–Trinajstić information content (AvgIpc) is 2.15. The number of pyridine rings is 1. The van der Waals surface area contributed by atoms with Crippen LogP contribution < -0.4 is 0 Å². The van der Waals surface area contributed by atoms with Crippen LogP contribution in [0, 0.1) is 0 Å². The summed E-state index contributed by atoms with van der Waals surface area (Å²) < 4.78 is 37.4. The maximum absolute atomic E-state index is 12.5. The van der Waals surface area contributed by atoms with Crippen molar-refractivity contribution in [3.63, 3.8) is 0 Å². The van der Waals surface area contributed by atoms with Gasteiger partial charge in [0, 0.05) is 10.9 Å². The van der Waals surface area contributed by atoms with Crippen molar-refractivity contribution in [2.45, 2.75) is 38.1 Å². The molecule has 1 aromatic heterocycles. The zero-order valence-electron chi connectivity index (χ0n) is 9.34. The topological polar surface area (TPSA) is 12.9 Å². The van der Waals surface area contributed by atoms with Gasteiger partial charge in [-0.3, -0.25) is 0 Å². The Bertz CT molecular complexity index is 372. The summed E-state index contributed by atoms with van der Waals surface area (Å²) in [5.41, 5.74) is 0.387. The van der Waals surface area contributed by atoms with E-state index in [9.17, 15) is 13.2 Å². The molecule has 90 valence electrons. The number of nitrogens with zero attached hydrogens (tertiary/aromatic N) is 1. The van der Waals surface area contributed by atoms with Crippen molar-refractivity contribution >= 4 is 12.6 Å². The van der Waals surface area contributed by atoms with Gasteiger partial charge in [0.05, 0.1) is 0 Å². The van der Waals surface area contributed by atoms with Crippen LogP contribution in [0.1, 0.15) is 48.9 Å². The lowest BCUT2D eigenvalue weighted by molar-refractivity contribution is -0.141. The number of hydrogen-bond acceptors (Lipinski definition) is 2. The van der Waals surface area contributed by atoms with Gasteiger partial charge in [0.25, 0.3) is 0 Å². The highest BCUT2D eigenvalue weighted by Gasteiger charge is 2.33. The first kappa shape index (κ1) is 13.4. The molecule has 0 aromatic carbocycles. The minimum atomic E-state index is -4.39. The molecule has 0 aliphatic heterocycles. The predicted molar refractivity (Wildman–Crippen MR) is 60.7 cm³/mol. The van der Waals surface area contributed by atoms with E-state index in [1.54, 1.807) is 0 Å². The zero-order valence-corrected chi connectivity index (χ0v) is 10.2. The molecule has 0 bridgehead atoms. The van der Waals surface area contributed by atoms with Crippen LogP contribution in [0.4, 0.5) is 13.2 Å². The van der Waals surface area contributed by atoms with Crippen molar-refractivity contribution in [1.29, 1.82) is 0 Å². The molecule has 1 unspecified atom stereocenters. The fourth-order valence-electron chi connectivity index (χ4n) is 1.46. The number of thiol groups is 1. The van der Waals surface area contributed by atoms with E-state index < -0.39 is 11.9 Å². The van der Waals surface area contributed by atoms with E-state index >= 15 is 0 Å². The molecule has 1 atom stereocenters. The van der Waals surface area contributed by atoms with E-state index in [4.69, 9.17) is 0 Å². The van der Waals surface area contributed by atoms with Gasteiger partial charge in [-0.15, -0.1) is 0 Å². The van der Waals surface area contributed by atoms with Gasteiger partial charge in [-0.25, -0.2) is 4.98 Å². The molecule has 0 amide bonds. The fourth-order valence-corrected chi connectivity index (χ4v) is 1.68. The Morgan fingerprint density at radius 1 is 1.19 bits per heavy atom. The quantitative estimate of drug-likeness (QED) is 0.774. The van der Waals surface area contributed by atoms with Gasteiger partial charge in [-0.1, -0.05) is 19.9 Å². The molecule has 1 nitrogen and oxygen atoms in total. The van der Waals surface area contributed by atoms with Crippen molar-refractivity contribution in [3.8, 4) is 0 Å². The molecule has 0 saturated carbocycles. The second-order valence-corrected chi connectivity index (χ2v) is 4.77. The molecule has 16 heavy (non-hydrogen) atoms. The Labute approximate surface area is 98.5 Å². The summed E-state index contributed by atoms with van der Waals surface area (Å²) in [6.07, 6.45) is -4.39. The lowest BCUT2D eigenvalue weighted by Crippen LogP contribution is -2.12. The van der Waals surface area contributed by atoms with Crippen molar-refractivity contribution in [2.24, 2.45) is 0 Å². The SMILES string of the molecule is CC(C)c1nc(C(F)(F)F)ccc1C(C)S. The number of aromatic nitrogens is 1. The minimum absolute atomic E-state index is 0.0492. The van der Waals surface area contributed by atoms with E-state index in [1.807, 2.05) is 20.8 Å². The van der Waals surface area contributed by atoms with E-state index in [-0.39, 0.29) is 11.2 Å². The molecule has 0 fully saturated rings. The van der Waals surface area contributed by atoms with Crippen LogP contribution in [-0.4, -0.2) is 4.98 Å². The number of hydrogen-bond donors (Lipinski definition) is 1. The van der Waals surface area contributed by atoms with Crippen LogP contribution in [0.2, 0.25) is 0 Å². The summed E-state index contributed by atoms with van der Waals surface area (Å²) in [7, 11) is 0. The highest BCUT2D eigenvalue weighted by Crippen LogP contribution is 2.32. The number of rotatable bonds is 2. The van der Waals surface area contributed by atoms with Crippen LogP contribution in [0.25, 0.3) is 0 Å². The van der Waals surface area contributed by atoms with E-state index in [0.717, 1.165) is 11.6 Å². The highest BCUT2D eigenvalue weighted by atomic mass is 32.1. The smallest absolute Gasteiger partial charge is 0.248 e. The summed E-state index contributed by atoms with van der Waals surface area (Å²) in [4.78, 5) is 3.69. The van der Waals surface area contributed by atoms with Crippen LogP contribution in [0.3, 0.4) is 0 Å². The summed E-state index contributed by atoms with van der Waals surface area (Å²) in [6, 6.07) is 2.47. The predicted octanol–water partition coefficient (Wildman–Crippen LogP) is 4.21. The van der Waals surface area contributed by atoms with Crippen LogP contribution in [-0.2, 0) is 6.18 Å². The first-order valence-electron chi connectivity index (χ1n) is 4.99. The maximum Gasteiger partial charge on any atom is 0.433 e. The molecule has 1 heterocycles. The van der Waals surface area contributed by atoms with Gasteiger partial charge in [-0.2, -0.15) is 25.8 Å². The monoisotopic (exact) mass is 249 g/mol. The summed E-state index contributed by atoms with van der Waals surface area (Å²) in [5, 5.41) is -0.118. The first-order valence-corrected chi connectivity index (χ1v) is 5.51. The van der Waals surface area contributed by atoms with Gasteiger partial charge in [-0.05, 0) is 24.5 Å². The van der Waals surface area contributed by atoms with Crippen molar-refractivity contribution in [3.05, 3.63) is 29.1 Å². The van der Waals surface area contributed by atoms with Crippen LogP contribution in [0.5, 0.6) is 0 Å². The number of alkyl halides is 3. The maximum atomic E-state index is 12.5. The fraction of sp³-hybridized carbons (Fsp3) is 0.545. The summed E-state index contributed by atoms with van der Waals surface area (Å²) in [6.45, 7) is 5.46. The third-order valence-corrected chi connectivity index (χ3v) is 2.52. The molecule has 0 radical (unpaired) electrons. The molecule has 0 aliphatic carbocycles. The third-order valence-electron chi connectivity index (χ3n) is 2.24. The molecule has 0 spiro atoms. The molecule has 5 heteroatoms. The standard InChI is InChI=1S/C11H14F3NS/c1-6(2)10-8(7(3)16)4-5-9(15-10)11(12,13)14/h4-7,16H,1-3H3. The lowest BCUT2D eigenvalue weighted by atomic mass is 10.0. The number of halogens is 3. The molecule has 1 aromatic rings. The van der Waals surface area contributed by atoms with Gasteiger partial charge in [0.2, 0.25) is 0 Å². The average molecular weight is 249 g/mol. The van der Waals surface area contributed by atoms with E-state index in [0.29, 0.717) is 5.69 Å². The van der Waals surface area contributed by atoms with Gasteiger partial charge in [0.15, 0.2) is 0 Å². The second kappa shape index (κ2) is 4.65. The van der Waals surface area contributed by atoms with Crippen molar-refractivity contribution in [1.82, 2.24) is 4.98 Å². The Morgan fingerprint density at radius 3 is 2.12 bits per heavy atom. The zero-order chi connectivity index (χ0) is 12.5. The van der Waals surface area contributed by atoms with Gasteiger partial charge >= 0.3 is 6.18 Å². The van der Waals surface area contributed by atoms with E-state index in [2.05, 4.69) is 17.6 Å². The molecular formula is C11H14F3NS.